The lowest BCUT2D eigenvalue weighted by Gasteiger charge is -2.20. The molecule has 0 spiro atoms. The van der Waals surface area contributed by atoms with E-state index >= 15 is 0 Å². The monoisotopic (exact) mass is 365 g/mol. The van der Waals surface area contributed by atoms with E-state index in [9.17, 15) is 23.3 Å². The second-order valence-electron chi connectivity index (χ2n) is 5.42. The fraction of sp³-hybridized carbons (Fsp3) is 0.133. The number of nitrogens with zero attached hydrogens (tertiary/aromatic N) is 1. The molecular formula is C15H15N3O6S. The molecular weight excluding hydrogens is 350 g/mol. The summed E-state index contributed by atoms with van der Waals surface area (Å²) in [5, 5.41) is 20.2. The van der Waals surface area contributed by atoms with Crippen molar-refractivity contribution in [1.29, 1.82) is 0 Å². The van der Waals surface area contributed by atoms with Crippen LogP contribution in [0.25, 0.3) is 0 Å². The van der Waals surface area contributed by atoms with Gasteiger partial charge in [0.1, 0.15) is 5.54 Å². The number of nitro groups is 1. The highest BCUT2D eigenvalue weighted by Crippen LogP contribution is 2.27. The van der Waals surface area contributed by atoms with Gasteiger partial charge in [0.2, 0.25) is 0 Å². The number of anilines is 1. The van der Waals surface area contributed by atoms with Crippen LogP contribution in [0.4, 0.5) is 11.4 Å². The third-order valence-electron chi connectivity index (χ3n) is 3.51. The third kappa shape index (κ3) is 3.75. The van der Waals surface area contributed by atoms with Gasteiger partial charge in [0.05, 0.1) is 4.92 Å². The number of aliphatic carboxylic acids is 1. The van der Waals surface area contributed by atoms with Crippen molar-refractivity contribution in [3.63, 3.8) is 0 Å². The van der Waals surface area contributed by atoms with Crippen molar-refractivity contribution >= 4 is 27.4 Å². The number of carbonyl (C=O) groups is 1. The molecule has 2 rings (SSSR count). The van der Waals surface area contributed by atoms with Crippen LogP contribution in [0.2, 0.25) is 0 Å². The molecule has 0 saturated heterocycles. The standard InChI is InChI=1S/C15H15N3O6S/c1-15(16,14(19)20)10-5-4-6-11(9-10)17-25(23,24)13-8-3-2-7-12(13)18(21)22/h2-9,17H,16H2,1H3,(H,19,20). The number of hydrogen-bond acceptors (Lipinski definition) is 6. The van der Waals surface area contributed by atoms with Gasteiger partial charge in [-0.15, -0.1) is 0 Å². The zero-order chi connectivity index (χ0) is 18.8. The normalized spacial score (nSPS) is 13.7. The minimum Gasteiger partial charge on any atom is -0.480 e. The summed E-state index contributed by atoms with van der Waals surface area (Å²) in [6.45, 7) is 1.27. The number of para-hydroxylation sites is 1. The molecule has 132 valence electrons. The molecule has 0 bridgehead atoms. The second kappa shape index (κ2) is 6.49. The fourth-order valence-electron chi connectivity index (χ4n) is 2.07. The van der Waals surface area contributed by atoms with Crippen LogP contribution in [0.5, 0.6) is 0 Å². The van der Waals surface area contributed by atoms with Crippen LogP contribution in [0.15, 0.2) is 53.4 Å². The van der Waals surface area contributed by atoms with Crippen molar-refractivity contribution in [2.75, 3.05) is 4.72 Å². The predicted octanol–water partition coefficient (Wildman–Crippen LogP) is 1.65. The highest BCUT2D eigenvalue weighted by Gasteiger charge is 2.31. The largest absolute Gasteiger partial charge is 0.480 e. The summed E-state index contributed by atoms with van der Waals surface area (Å²) in [6.07, 6.45) is 0. The summed E-state index contributed by atoms with van der Waals surface area (Å²) < 4.78 is 27.1. The molecule has 0 heterocycles. The molecule has 0 saturated carbocycles. The minimum absolute atomic E-state index is 0.0357. The van der Waals surface area contributed by atoms with E-state index in [2.05, 4.69) is 4.72 Å². The van der Waals surface area contributed by atoms with Crippen LogP contribution in [0, 0.1) is 10.1 Å². The molecule has 10 heteroatoms. The van der Waals surface area contributed by atoms with Crippen LogP contribution in [-0.4, -0.2) is 24.4 Å². The molecule has 4 N–H and O–H groups in total. The number of carboxylic acids is 1. The van der Waals surface area contributed by atoms with Gasteiger partial charge in [-0.25, -0.2) is 13.2 Å². The van der Waals surface area contributed by atoms with Crippen molar-refractivity contribution < 1.29 is 23.2 Å². The van der Waals surface area contributed by atoms with Crippen LogP contribution in [0.1, 0.15) is 12.5 Å². The number of hydrogen-bond donors (Lipinski definition) is 3. The summed E-state index contributed by atoms with van der Waals surface area (Å²) in [4.78, 5) is 20.9. The molecule has 0 aromatic heterocycles. The maximum atomic E-state index is 12.5. The van der Waals surface area contributed by atoms with E-state index in [-0.39, 0.29) is 11.3 Å². The van der Waals surface area contributed by atoms with Crippen LogP contribution >= 0.6 is 0 Å². The summed E-state index contributed by atoms with van der Waals surface area (Å²) in [5.74, 6) is -1.29. The van der Waals surface area contributed by atoms with Gasteiger partial charge in [0.15, 0.2) is 4.90 Å². The second-order valence-corrected chi connectivity index (χ2v) is 7.07. The van der Waals surface area contributed by atoms with Gasteiger partial charge in [-0.05, 0) is 30.7 Å². The molecule has 0 amide bonds. The predicted molar refractivity (Wildman–Crippen MR) is 89.5 cm³/mol. The molecule has 1 atom stereocenters. The topological polar surface area (TPSA) is 153 Å². The zero-order valence-corrected chi connectivity index (χ0v) is 13.9. The van der Waals surface area contributed by atoms with Crippen molar-refractivity contribution in [2.45, 2.75) is 17.4 Å². The van der Waals surface area contributed by atoms with Gasteiger partial charge in [-0.3, -0.25) is 14.8 Å². The van der Waals surface area contributed by atoms with Gasteiger partial charge in [0.25, 0.3) is 15.7 Å². The number of rotatable bonds is 6. The number of sulfonamides is 1. The quantitative estimate of drug-likeness (QED) is 0.519. The first-order valence-corrected chi connectivity index (χ1v) is 8.43. The van der Waals surface area contributed by atoms with Crippen molar-refractivity contribution in [3.8, 4) is 0 Å². The van der Waals surface area contributed by atoms with Crippen molar-refractivity contribution in [2.24, 2.45) is 5.73 Å². The van der Waals surface area contributed by atoms with Gasteiger partial charge in [-0.2, -0.15) is 0 Å². The number of nitrogens with one attached hydrogen (secondary N) is 1. The highest BCUT2D eigenvalue weighted by molar-refractivity contribution is 7.92. The average molecular weight is 365 g/mol. The van der Waals surface area contributed by atoms with E-state index in [0.717, 1.165) is 12.1 Å². The molecule has 2 aromatic carbocycles. The van der Waals surface area contributed by atoms with Crippen molar-refractivity contribution in [1.82, 2.24) is 0 Å². The van der Waals surface area contributed by atoms with Crippen LogP contribution < -0.4 is 10.5 Å². The maximum absolute atomic E-state index is 12.5. The van der Waals surface area contributed by atoms with Gasteiger partial charge in [-0.1, -0.05) is 24.3 Å². The molecule has 0 aliphatic rings. The van der Waals surface area contributed by atoms with Gasteiger partial charge < -0.3 is 10.8 Å². The first-order valence-electron chi connectivity index (χ1n) is 6.95. The Kier molecular flexibility index (Phi) is 4.77. The van der Waals surface area contributed by atoms with E-state index in [0.29, 0.717) is 0 Å². The Labute approximate surface area is 143 Å². The van der Waals surface area contributed by atoms with Gasteiger partial charge in [0, 0.05) is 11.8 Å². The van der Waals surface area contributed by atoms with E-state index in [1.165, 1.54) is 43.3 Å². The SMILES string of the molecule is CC(N)(C(=O)O)c1cccc(NS(=O)(=O)c2ccccc2[N+](=O)[O-])c1. The Hall–Kier alpha value is -2.98. The highest BCUT2D eigenvalue weighted by atomic mass is 32.2. The summed E-state index contributed by atoms with van der Waals surface area (Å²) in [7, 11) is -4.25. The molecule has 25 heavy (non-hydrogen) atoms. The molecule has 0 aliphatic carbocycles. The average Bonchev–Trinajstić information content (AvgIpc) is 2.54. The molecule has 1 unspecified atom stereocenters. The Morgan fingerprint density at radius 2 is 1.88 bits per heavy atom. The van der Waals surface area contributed by atoms with Crippen molar-refractivity contribution in [3.05, 3.63) is 64.2 Å². The van der Waals surface area contributed by atoms with E-state index in [1.807, 2.05) is 0 Å². The smallest absolute Gasteiger partial charge is 0.328 e. The van der Waals surface area contributed by atoms with E-state index in [1.54, 1.807) is 0 Å². The number of nitrogens with two attached hydrogens (primary N) is 1. The minimum atomic E-state index is -4.25. The van der Waals surface area contributed by atoms with Gasteiger partial charge >= 0.3 is 5.97 Å². The lowest BCUT2D eigenvalue weighted by atomic mass is 9.93. The first-order chi connectivity index (χ1) is 11.6. The van der Waals surface area contributed by atoms with E-state index in [4.69, 9.17) is 10.8 Å². The fourth-order valence-corrected chi connectivity index (χ4v) is 3.30. The number of carboxylic acid groups (broad SMARTS) is 1. The molecule has 2 aromatic rings. The molecule has 0 aliphatic heterocycles. The Balaban J connectivity index is 2.44. The summed E-state index contributed by atoms with van der Waals surface area (Å²) >= 11 is 0. The van der Waals surface area contributed by atoms with E-state index < -0.39 is 37.0 Å². The lowest BCUT2D eigenvalue weighted by Crippen LogP contribution is -2.41. The van der Waals surface area contributed by atoms with Crippen LogP contribution in [0.3, 0.4) is 0 Å². The summed E-state index contributed by atoms with van der Waals surface area (Å²) in [5.41, 5.74) is 3.64. The maximum Gasteiger partial charge on any atom is 0.328 e. The lowest BCUT2D eigenvalue weighted by molar-refractivity contribution is -0.387. The summed E-state index contributed by atoms with van der Waals surface area (Å²) in [6, 6.07) is 10.4. The first kappa shape index (κ1) is 18.4. The van der Waals surface area contributed by atoms with Crippen LogP contribution in [-0.2, 0) is 20.4 Å². The zero-order valence-electron chi connectivity index (χ0n) is 13.0. The molecule has 0 radical (unpaired) electrons. The molecule has 9 nitrogen and oxygen atoms in total. The molecule has 0 fully saturated rings. The Morgan fingerprint density at radius 3 is 2.48 bits per heavy atom. The number of nitro benzene ring substituents is 1. The Bertz CT molecular complexity index is 940. The third-order valence-corrected chi connectivity index (χ3v) is 4.94. The number of benzene rings is 2. The Morgan fingerprint density at radius 1 is 1.24 bits per heavy atom.